The van der Waals surface area contributed by atoms with Crippen LogP contribution in [0.3, 0.4) is 0 Å². The normalized spacial score (nSPS) is 32.6. The Balaban J connectivity index is 1.26. The van der Waals surface area contributed by atoms with E-state index in [4.69, 9.17) is 13.9 Å². The van der Waals surface area contributed by atoms with Crippen molar-refractivity contribution in [3.8, 4) is 0 Å². The highest BCUT2D eigenvalue weighted by Crippen LogP contribution is 2.84. The zero-order chi connectivity index (χ0) is 29.3. The fourth-order valence-electron chi connectivity index (χ4n) is 9.65. The van der Waals surface area contributed by atoms with Gasteiger partial charge in [0.2, 0.25) is 0 Å². The second-order valence-electron chi connectivity index (χ2n) is 13.8. The van der Waals surface area contributed by atoms with Crippen LogP contribution in [0.1, 0.15) is 50.4 Å². The van der Waals surface area contributed by atoms with Crippen molar-refractivity contribution < 1.29 is 23.5 Å². The van der Waals surface area contributed by atoms with Gasteiger partial charge in [0.25, 0.3) is 8.32 Å². The van der Waals surface area contributed by atoms with Gasteiger partial charge in [-0.3, -0.25) is 4.79 Å². The lowest BCUT2D eigenvalue weighted by atomic mass is 9.73. The molecule has 8 rings (SSSR count). The Hall–Kier alpha value is -3.22. The molecule has 5 aliphatic carbocycles. The second-order valence-corrected chi connectivity index (χ2v) is 18.1. The van der Waals surface area contributed by atoms with Crippen LogP contribution in [-0.2, 0) is 18.7 Å². The molecule has 0 unspecified atom stereocenters. The van der Waals surface area contributed by atoms with Crippen molar-refractivity contribution in [1.29, 1.82) is 0 Å². The fourth-order valence-corrected chi connectivity index (χ4v) is 14.4. The SMILES string of the molecule is COC(=O)[C@@]12C[C@@H](O[Si](c3ccccc3)(c3ccccc3)C(C)(C)C)CC[C@@H]3[C@H]4[C@@H]([C@@H](OC(=O)c5ccccc5)[C@@H]31)[C@@H]42. The Bertz CT molecular complexity index is 1430. The van der Waals surface area contributed by atoms with E-state index < -0.39 is 13.7 Å². The minimum Gasteiger partial charge on any atom is -0.469 e. The van der Waals surface area contributed by atoms with E-state index in [1.54, 1.807) is 12.1 Å². The lowest BCUT2D eigenvalue weighted by molar-refractivity contribution is -0.159. The van der Waals surface area contributed by atoms with Gasteiger partial charge in [0, 0.05) is 17.9 Å². The summed E-state index contributed by atoms with van der Waals surface area (Å²) in [4.78, 5) is 27.1. The number of benzene rings is 3. The molecule has 218 valence electrons. The first-order valence-corrected chi connectivity index (χ1v) is 17.3. The molecule has 0 amide bonds. The van der Waals surface area contributed by atoms with Gasteiger partial charge in [-0.25, -0.2) is 4.79 Å². The van der Waals surface area contributed by atoms with Crippen LogP contribution in [0.4, 0.5) is 0 Å². The quantitative estimate of drug-likeness (QED) is 0.268. The van der Waals surface area contributed by atoms with E-state index in [9.17, 15) is 9.59 Å². The van der Waals surface area contributed by atoms with Gasteiger partial charge in [-0.1, -0.05) is 99.6 Å². The number of rotatable bonds is 7. The molecule has 0 N–H and O–H groups in total. The van der Waals surface area contributed by atoms with Crippen molar-refractivity contribution in [2.75, 3.05) is 7.11 Å². The topological polar surface area (TPSA) is 61.8 Å². The summed E-state index contributed by atoms with van der Waals surface area (Å²) in [7, 11) is -1.30. The van der Waals surface area contributed by atoms with Crippen LogP contribution in [0.5, 0.6) is 0 Å². The fraction of sp³-hybridized carbons (Fsp3) is 0.444. The number of hydrogen-bond acceptors (Lipinski definition) is 5. The summed E-state index contributed by atoms with van der Waals surface area (Å²) in [5, 5.41) is 2.33. The maximum atomic E-state index is 13.9. The molecular weight excluding hydrogens is 540 g/mol. The molecular formula is C36H40O5Si. The van der Waals surface area contributed by atoms with E-state index in [0.29, 0.717) is 23.8 Å². The van der Waals surface area contributed by atoms with Crippen molar-refractivity contribution in [3.05, 3.63) is 96.6 Å². The molecule has 5 saturated carbocycles. The number of hydrogen-bond donors (Lipinski definition) is 0. The van der Waals surface area contributed by atoms with Gasteiger partial charge >= 0.3 is 11.9 Å². The van der Waals surface area contributed by atoms with Crippen molar-refractivity contribution in [2.24, 2.45) is 35.0 Å². The smallest absolute Gasteiger partial charge is 0.338 e. The molecule has 0 radical (unpaired) electrons. The highest BCUT2D eigenvalue weighted by atomic mass is 28.4. The molecule has 5 aliphatic rings. The zero-order valence-corrected chi connectivity index (χ0v) is 25.9. The van der Waals surface area contributed by atoms with E-state index in [0.717, 1.165) is 12.8 Å². The molecule has 3 aromatic rings. The molecule has 3 aromatic carbocycles. The third kappa shape index (κ3) is 3.84. The van der Waals surface area contributed by atoms with Gasteiger partial charge in [-0.2, -0.15) is 0 Å². The minimum absolute atomic E-state index is 0.0228. The molecule has 8 atom stereocenters. The Morgan fingerprint density at radius 3 is 1.90 bits per heavy atom. The average Bonchev–Trinajstić information content (AvgIpc) is 3.52. The highest BCUT2D eigenvalue weighted by molar-refractivity contribution is 6.99. The molecule has 0 aliphatic heterocycles. The third-order valence-electron chi connectivity index (χ3n) is 11.0. The second kappa shape index (κ2) is 9.92. The summed E-state index contributed by atoms with van der Waals surface area (Å²) in [6.07, 6.45) is 2.13. The van der Waals surface area contributed by atoms with E-state index in [1.807, 2.05) is 18.2 Å². The third-order valence-corrected chi connectivity index (χ3v) is 16.1. The Labute approximate surface area is 249 Å². The number of methoxy groups -OCH3 is 1. The van der Waals surface area contributed by atoms with Crippen LogP contribution in [0.25, 0.3) is 0 Å². The molecule has 0 saturated heterocycles. The van der Waals surface area contributed by atoms with Crippen molar-refractivity contribution in [1.82, 2.24) is 0 Å². The summed E-state index contributed by atoms with van der Waals surface area (Å²) >= 11 is 0. The molecule has 42 heavy (non-hydrogen) atoms. The predicted octanol–water partition coefficient (Wildman–Crippen LogP) is 5.62. The van der Waals surface area contributed by atoms with Crippen LogP contribution in [-0.4, -0.2) is 39.6 Å². The lowest BCUT2D eigenvalue weighted by Gasteiger charge is -2.46. The molecule has 5 fully saturated rings. The van der Waals surface area contributed by atoms with Crippen LogP contribution in [0, 0.1) is 35.0 Å². The molecule has 0 aromatic heterocycles. The van der Waals surface area contributed by atoms with Gasteiger partial charge < -0.3 is 13.9 Å². The molecule has 6 bridgehead atoms. The lowest BCUT2D eigenvalue weighted by Crippen LogP contribution is -2.68. The van der Waals surface area contributed by atoms with Crippen LogP contribution < -0.4 is 10.4 Å². The molecule has 0 heterocycles. The van der Waals surface area contributed by atoms with Crippen LogP contribution in [0.2, 0.25) is 5.04 Å². The van der Waals surface area contributed by atoms with Crippen molar-refractivity contribution >= 4 is 30.6 Å². The maximum Gasteiger partial charge on any atom is 0.338 e. The van der Waals surface area contributed by atoms with Crippen molar-refractivity contribution in [2.45, 2.75) is 57.3 Å². The Morgan fingerprint density at radius 2 is 1.36 bits per heavy atom. The van der Waals surface area contributed by atoms with Gasteiger partial charge in [0.1, 0.15) is 6.10 Å². The van der Waals surface area contributed by atoms with Gasteiger partial charge in [0.15, 0.2) is 0 Å². The van der Waals surface area contributed by atoms with E-state index >= 15 is 0 Å². The average molecular weight is 581 g/mol. The van der Waals surface area contributed by atoms with E-state index in [1.165, 1.54) is 17.5 Å². The first-order chi connectivity index (χ1) is 20.2. The molecule has 5 nitrogen and oxygen atoms in total. The van der Waals surface area contributed by atoms with E-state index in [-0.39, 0.29) is 46.9 Å². The van der Waals surface area contributed by atoms with Crippen LogP contribution >= 0.6 is 0 Å². The van der Waals surface area contributed by atoms with Crippen molar-refractivity contribution in [3.63, 3.8) is 0 Å². The Kier molecular flexibility index (Phi) is 6.52. The minimum atomic E-state index is -2.81. The molecule has 0 spiro atoms. The van der Waals surface area contributed by atoms with E-state index in [2.05, 4.69) is 81.4 Å². The number of esters is 2. The summed E-state index contributed by atoms with van der Waals surface area (Å²) in [5.41, 5.74) is -0.120. The maximum absolute atomic E-state index is 13.9. The van der Waals surface area contributed by atoms with Crippen LogP contribution in [0.15, 0.2) is 91.0 Å². The highest BCUT2D eigenvalue weighted by Gasteiger charge is 2.87. The summed E-state index contributed by atoms with van der Waals surface area (Å²) in [5.74, 6) is 0.735. The summed E-state index contributed by atoms with van der Waals surface area (Å²) in [6, 6.07) is 30.6. The summed E-state index contributed by atoms with van der Waals surface area (Å²) < 4.78 is 19.5. The first-order valence-electron chi connectivity index (χ1n) is 15.4. The standard InChI is InChI=1S/C36H40O5Si/c1-35(2,3)42(25-16-10-6-11-17-25,26-18-12-7-13-19-26)41-24-20-21-27-28-29-31(28)36(22-24,34(38)39-4)30(27)32(29)40-33(37)23-14-8-5-9-15-23/h5-19,24,27-32H,20-22H2,1-4H3/t24-,27+,28-,29+,30+,31+,32+,36-/m0/s1. The van der Waals surface area contributed by atoms with Gasteiger partial charge in [-0.15, -0.1) is 0 Å². The largest absolute Gasteiger partial charge is 0.469 e. The number of carbonyl (C=O) groups excluding carboxylic acids is 2. The number of ether oxygens (including phenoxy) is 2. The molecule has 6 heteroatoms. The monoisotopic (exact) mass is 580 g/mol. The Morgan fingerprint density at radius 1 is 0.786 bits per heavy atom. The first kappa shape index (κ1) is 27.6. The zero-order valence-electron chi connectivity index (χ0n) is 24.9. The van der Waals surface area contributed by atoms with Gasteiger partial charge in [-0.05, 0) is 64.6 Å². The number of carbonyl (C=O) groups is 2. The van der Waals surface area contributed by atoms with Gasteiger partial charge in [0.05, 0.1) is 18.1 Å². The summed E-state index contributed by atoms with van der Waals surface area (Å²) in [6.45, 7) is 6.89. The predicted molar refractivity (Wildman–Crippen MR) is 164 cm³/mol.